The second-order valence-corrected chi connectivity index (χ2v) is 7.83. The maximum Gasteiger partial charge on any atom is 0.264 e. The topological polar surface area (TPSA) is 47.4 Å². The predicted octanol–water partition coefficient (Wildman–Crippen LogP) is 4.26. The Balaban J connectivity index is 1.64. The van der Waals surface area contributed by atoms with Crippen LogP contribution < -0.4 is 4.74 Å². The van der Waals surface area contributed by atoms with E-state index < -0.39 is 0 Å². The number of nitrogens with zero attached hydrogens (tertiary/aromatic N) is 3. The molecule has 0 aliphatic heterocycles. The number of hydrogen-bond acceptors (Lipinski definition) is 4. The van der Waals surface area contributed by atoms with Crippen LogP contribution in [-0.4, -0.2) is 27.6 Å². The zero-order valence-electron chi connectivity index (χ0n) is 16.4. The zero-order valence-corrected chi connectivity index (χ0v) is 17.3. The van der Waals surface area contributed by atoms with Gasteiger partial charge >= 0.3 is 0 Å². The van der Waals surface area contributed by atoms with Crippen molar-refractivity contribution in [1.82, 2.24) is 14.7 Å². The van der Waals surface area contributed by atoms with Crippen LogP contribution in [0.15, 0.2) is 35.8 Å². The van der Waals surface area contributed by atoms with Gasteiger partial charge in [-0.15, -0.1) is 11.3 Å². The van der Waals surface area contributed by atoms with Gasteiger partial charge < -0.3 is 9.64 Å². The number of benzene rings is 1. The third-order valence-corrected chi connectivity index (χ3v) is 5.66. The molecule has 0 aliphatic carbocycles. The maximum absolute atomic E-state index is 12.7. The summed E-state index contributed by atoms with van der Waals surface area (Å²) in [6, 6.07) is 8.05. The minimum absolute atomic E-state index is 0.00929. The quantitative estimate of drug-likeness (QED) is 0.639. The normalized spacial score (nSPS) is 10.9. The van der Waals surface area contributed by atoms with Crippen LogP contribution in [0, 0.1) is 20.8 Å². The van der Waals surface area contributed by atoms with Crippen LogP contribution in [-0.2, 0) is 20.2 Å². The van der Waals surface area contributed by atoms with Gasteiger partial charge in [-0.05, 0) is 61.0 Å². The molecule has 0 fully saturated rings. The fourth-order valence-corrected chi connectivity index (χ4v) is 3.83. The van der Waals surface area contributed by atoms with Crippen molar-refractivity contribution in [2.24, 2.45) is 7.05 Å². The highest BCUT2D eigenvalue weighted by molar-refractivity contribution is 7.12. The summed E-state index contributed by atoms with van der Waals surface area (Å²) in [5, 5.41) is 6.13. The molecule has 2 aromatic heterocycles. The number of amides is 1. The first-order valence-electron chi connectivity index (χ1n) is 8.85. The van der Waals surface area contributed by atoms with Gasteiger partial charge in [0.2, 0.25) is 0 Å². The van der Waals surface area contributed by atoms with Crippen molar-refractivity contribution in [2.45, 2.75) is 33.9 Å². The highest BCUT2D eigenvalue weighted by Crippen LogP contribution is 2.25. The standard InChI is InChI=1S/C21H25N3O2S/c1-14-8-15(2)16(3)19(9-14)26-12-17-10-20(27-13-17)21(25)23(4)11-18-6-7-22-24(18)5/h6-10,13H,11-12H2,1-5H3. The summed E-state index contributed by atoms with van der Waals surface area (Å²) in [5.74, 6) is 0.912. The molecular formula is C21H25N3O2S. The number of aromatic nitrogens is 2. The smallest absolute Gasteiger partial charge is 0.264 e. The number of carbonyl (C=O) groups excluding carboxylic acids is 1. The molecule has 0 radical (unpaired) electrons. The van der Waals surface area contributed by atoms with Crippen molar-refractivity contribution in [3.8, 4) is 5.75 Å². The van der Waals surface area contributed by atoms with Crippen LogP contribution in [0.5, 0.6) is 5.75 Å². The van der Waals surface area contributed by atoms with Gasteiger partial charge in [0.05, 0.1) is 17.1 Å². The number of aryl methyl sites for hydroxylation is 3. The van der Waals surface area contributed by atoms with Crippen LogP contribution in [0.4, 0.5) is 0 Å². The van der Waals surface area contributed by atoms with E-state index in [9.17, 15) is 4.79 Å². The number of thiophene rings is 1. The molecular weight excluding hydrogens is 358 g/mol. The molecule has 142 valence electrons. The molecule has 1 aromatic carbocycles. The van der Waals surface area contributed by atoms with Gasteiger partial charge in [0.1, 0.15) is 12.4 Å². The fourth-order valence-electron chi connectivity index (χ4n) is 2.93. The first-order valence-corrected chi connectivity index (χ1v) is 9.73. The molecule has 0 bridgehead atoms. The third kappa shape index (κ3) is 4.39. The van der Waals surface area contributed by atoms with Crippen molar-refractivity contribution in [2.75, 3.05) is 7.05 Å². The summed E-state index contributed by atoms with van der Waals surface area (Å²) in [6.45, 7) is 7.22. The summed E-state index contributed by atoms with van der Waals surface area (Å²) in [6.07, 6.45) is 1.74. The average Bonchev–Trinajstić information content (AvgIpc) is 3.25. The molecule has 0 N–H and O–H groups in total. The van der Waals surface area contributed by atoms with Crippen LogP contribution in [0.25, 0.3) is 0 Å². The fraction of sp³-hybridized carbons (Fsp3) is 0.333. The Morgan fingerprint density at radius 3 is 2.74 bits per heavy atom. The summed E-state index contributed by atoms with van der Waals surface area (Å²) >= 11 is 1.45. The molecule has 6 heteroatoms. The molecule has 3 aromatic rings. The molecule has 3 rings (SSSR count). The number of rotatable bonds is 6. The van der Waals surface area contributed by atoms with Gasteiger partial charge in [-0.25, -0.2) is 0 Å². The van der Waals surface area contributed by atoms with E-state index in [1.165, 1.54) is 22.5 Å². The van der Waals surface area contributed by atoms with E-state index in [2.05, 4.69) is 38.0 Å². The second kappa shape index (κ2) is 7.96. The van der Waals surface area contributed by atoms with Crippen LogP contribution in [0.1, 0.15) is 37.6 Å². The largest absolute Gasteiger partial charge is 0.489 e. The van der Waals surface area contributed by atoms with Gasteiger partial charge in [-0.1, -0.05) is 6.07 Å². The minimum Gasteiger partial charge on any atom is -0.489 e. The Hall–Kier alpha value is -2.60. The van der Waals surface area contributed by atoms with E-state index in [-0.39, 0.29) is 5.91 Å². The van der Waals surface area contributed by atoms with Crippen molar-refractivity contribution in [3.05, 3.63) is 68.7 Å². The lowest BCUT2D eigenvalue weighted by Gasteiger charge is -2.16. The van der Waals surface area contributed by atoms with Crippen molar-refractivity contribution in [1.29, 1.82) is 0 Å². The lowest BCUT2D eigenvalue weighted by molar-refractivity contribution is 0.0786. The third-order valence-electron chi connectivity index (χ3n) is 4.69. The van der Waals surface area contributed by atoms with Gasteiger partial charge in [-0.3, -0.25) is 9.48 Å². The Bertz CT molecular complexity index is 958. The van der Waals surface area contributed by atoms with E-state index in [4.69, 9.17) is 4.74 Å². The summed E-state index contributed by atoms with van der Waals surface area (Å²) in [4.78, 5) is 15.1. The van der Waals surface area contributed by atoms with E-state index in [1.54, 1.807) is 15.8 Å². The summed E-state index contributed by atoms with van der Waals surface area (Å²) in [7, 11) is 3.69. The highest BCUT2D eigenvalue weighted by atomic mass is 32.1. The minimum atomic E-state index is 0.00929. The monoisotopic (exact) mass is 383 g/mol. The molecule has 1 amide bonds. The number of carbonyl (C=O) groups is 1. The predicted molar refractivity (Wildman–Crippen MR) is 108 cm³/mol. The average molecular weight is 384 g/mol. The van der Waals surface area contributed by atoms with Crippen molar-refractivity contribution >= 4 is 17.2 Å². The Labute approximate surface area is 164 Å². The summed E-state index contributed by atoms with van der Waals surface area (Å²) < 4.78 is 7.79. The van der Waals surface area contributed by atoms with Crippen LogP contribution in [0.2, 0.25) is 0 Å². The van der Waals surface area contributed by atoms with Gasteiger partial charge in [0.15, 0.2) is 0 Å². The Kier molecular flexibility index (Phi) is 5.65. The van der Waals surface area contributed by atoms with Crippen LogP contribution in [0.3, 0.4) is 0 Å². The lowest BCUT2D eigenvalue weighted by Crippen LogP contribution is -2.26. The number of ether oxygens (including phenoxy) is 1. The molecule has 0 atom stereocenters. The zero-order chi connectivity index (χ0) is 19.6. The van der Waals surface area contributed by atoms with Gasteiger partial charge in [0, 0.05) is 25.9 Å². The molecule has 0 saturated heterocycles. The molecule has 0 unspecified atom stereocenters. The van der Waals surface area contributed by atoms with Crippen LogP contribution >= 0.6 is 11.3 Å². The first kappa shape index (κ1) is 19.2. The van der Waals surface area contributed by atoms with Gasteiger partial charge in [-0.2, -0.15) is 5.10 Å². The van der Waals surface area contributed by atoms with Crippen molar-refractivity contribution in [3.63, 3.8) is 0 Å². The molecule has 0 spiro atoms. The number of hydrogen-bond donors (Lipinski definition) is 0. The molecule has 0 saturated carbocycles. The van der Waals surface area contributed by atoms with E-state index in [0.29, 0.717) is 13.2 Å². The molecule has 2 heterocycles. The van der Waals surface area contributed by atoms with E-state index in [0.717, 1.165) is 27.4 Å². The first-order chi connectivity index (χ1) is 12.8. The molecule has 5 nitrogen and oxygen atoms in total. The molecule has 0 aliphatic rings. The highest BCUT2D eigenvalue weighted by Gasteiger charge is 2.16. The Morgan fingerprint density at radius 2 is 2.04 bits per heavy atom. The van der Waals surface area contributed by atoms with E-state index >= 15 is 0 Å². The molecule has 27 heavy (non-hydrogen) atoms. The summed E-state index contributed by atoms with van der Waals surface area (Å²) in [5.41, 5.74) is 5.57. The SMILES string of the molecule is Cc1cc(C)c(C)c(OCc2csc(C(=O)N(C)Cc3ccnn3C)c2)c1. The van der Waals surface area contributed by atoms with Gasteiger partial charge in [0.25, 0.3) is 5.91 Å². The Morgan fingerprint density at radius 1 is 1.26 bits per heavy atom. The van der Waals surface area contributed by atoms with E-state index in [1.807, 2.05) is 31.6 Å². The lowest BCUT2D eigenvalue weighted by atomic mass is 10.1. The van der Waals surface area contributed by atoms with Crippen molar-refractivity contribution < 1.29 is 9.53 Å². The maximum atomic E-state index is 12.7. The second-order valence-electron chi connectivity index (χ2n) is 6.92.